The van der Waals surface area contributed by atoms with Crippen molar-refractivity contribution < 1.29 is 21.1 Å². The molecule has 0 aliphatic heterocycles. The maximum atomic E-state index is 3.60. The molecule has 0 fully saturated rings. The van der Waals surface area contributed by atoms with Crippen LogP contribution in [0.2, 0.25) is 0 Å². The largest absolute Gasteiger partial charge is 0.343 e. The van der Waals surface area contributed by atoms with Crippen LogP contribution in [0.5, 0.6) is 0 Å². The van der Waals surface area contributed by atoms with Crippen LogP contribution in [0.15, 0.2) is 36.4 Å². The molecule has 162 valence electrons. The summed E-state index contributed by atoms with van der Waals surface area (Å²) in [5.41, 5.74) is 6.83. The number of hydrogen-bond acceptors (Lipinski definition) is 0. The zero-order valence-electron chi connectivity index (χ0n) is 19.2. The third kappa shape index (κ3) is 10.6. The summed E-state index contributed by atoms with van der Waals surface area (Å²) in [5.74, 6) is 1.06. The molecule has 0 heterocycles. The summed E-state index contributed by atoms with van der Waals surface area (Å²) < 4.78 is 0. The van der Waals surface area contributed by atoms with Crippen LogP contribution in [0.1, 0.15) is 95.8 Å². The molecule has 0 saturated heterocycles. The van der Waals surface area contributed by atoms with Crippen molar-refractivity contribution >= 4 is 0 Å². The van der Waals surface area contributed by atoms with Crippen LogP contribution in [-0.2, 0) is 21.1 Å². The van der Waals surface area contributed by atoms with Gasteiger partial charge in [-0.05, 0) is 18.8 Å². The van der Waals surface area contributed by atoms with Gasteiger partial charge in [-0.2, -0.15) is 12.8 Å². The van der Waals surface area contributed by atoms with Gasteiger partial charge in [0.2, 0.25) is 0 Å². The predicted octanol–water partition coefficient (Wildman–Crippen LogP) is 8.95. The first-order valence-corrected chi connectivity index (χ1v) is 10.5. The topological polar surface area (TPSA) is 0 Å². The van der Waals surface area contributed by atoms with E-state index in [1.54, 1.807) is 0 Å². The van der Waals surface area contributed by atoms with Crippen molar-refractivity contribution in [3.8, 4) is 11.1 Å². The first-order chi connectivity index (χ1) is 12.8. The number of hydrogen-bond donors (Lipinski definition) is 0. The molecule has 0 radical (unpaired) electrons. The molecule has 0 bridgehead atoms. The maximum Gasteiger partial charge on any atom is 0 e. The second-order valence-electron chi connectivity index (χ2n) is 7.61. The van der Waals surface area contributed by atoms with E-state index in [-0.39, 0.29) is 21.1 Å². The van der Waals surface area contributed by atoms with E-state index in [9.17, 15) is 0 Å². The van der Waals surface area contributed by atoms with E-state index < -0.39 is 0 Å². The van der Waals surface area contributed by atoms with Crippen molar-refractivity contribution in [3.63, 3.8) is 0 Å². The van der Waals surface area contributed by atoms with Crippen LogP contribution in [0, 0.1) is 26.8 Å². The van der Waals surface area contributed by atoms with Gasteiger partial charge in [0.15, 0.2) is 0 Å². The van der Waals surface area contributed by atoms with Gasteiger partial charge in [-0.25, -0.2) is 0 Å². The molecule has 0 aliphatic carbocycles. The number of unbranched alkanes of at least 4 members (excludes halogenated alkanes) is 2. The summed E-state index contributed by atoms with van der Waals surface area (Å²) in [6.07, 6.45) is 4.56. The monoisotopic (exact) mass is 560 g/mol. The summed E-state index contributed by atoms with van der Waals surface area (Å²) in [6.45, 7) is 22.7. The molecule has 0 aliphatic rings. The van der Waals surface area contributed by atoms with Gasteiger partial charge in [0.25, 0.3) is 0 Å². The van der Waals surface area contributed by atoms with Gasteiger partial charge in [0.05, 0.1) is 0 Å². The molecule has 0 spiro atoms. The van der Waals surface area contributed by atoms with Gasteiger partial charge in [0.1, 0.15) is 0 Å². The Labute approximate surface area is 190 Å². The Hall–Kier alpha value is -0.872. The fourth-order valence-electron chi connectivity index (χ4n) is 2.61. The Morgan fingerprint density at radius 2 is 1.29 bits per heavy atom. The number of rotatable bonds is 5. The van der Waals surface area contributed by atoms with Crippen molar-refractivity contribution in [1.29, 1.82) is 0 Å². The van der Waals surface area contributed by atoms with Crippen LogP contribution in [0.4, 0.5) is 0 Å². The Balaban J connectivity index is 0. The normalized spacial score (nSPS) is 9.82. The summed E-state index contributed by atoms with van der Waals surface area (Å²) in [4.78, 5) is 0. The van der Waals surface area contributed by atoms with Crippen molar-refractivity contribution in [1.82, 2.24) is 0 Å². The molecule has 2 aromatic carbocycles. The van der Waals surface area contributed by atoms with E-state index in [0.29, 0.717) is 11.8 Å². The minimum atomic E-state index is 0. The maximum absolute atomic E-state index is 3.60. The van der Waals surface area contributed by atoms with Crippen LogP contribution in [-0.4, -0.2) is 0 Å². The molecule has 28 heavy (non-hydrogen) atoms. The first-order valence-electron chi connectivity index (χ1n) is 10.5. The summed E-state index contributed by atoms with van der Waals surface area (Å²) in [6, 6.07) is 16.3. The second-order valence-corrected chi connectivity index (χ2v) is 7.61. The standard InChI is InChI=1S/C19H23.2C4H9.Pt/c1-13(2)17-11-15(5)12-18(14(3)4)19(17)16-9-7-6-8-10-16;2*1-3-4-2;/h6-9,11-14H,1-5H3;2*1,3-4H2,2H3;/q3*-1;. The third-order valence-corrected chi connectivity index (χ3v) is 4.27. The summed E-state index contributed by atoms with van der Waals surface area (Å²) >= 11 is 0. The predicted molar refractivity (Wildman–Crippen MR) is 124 cm³/mol. The van der Waals surface area contributed by atoms with Crippen molar-refractivity contribution in [2.45, 2.75) is 86.0 Å². The van der Waals surface area contributed by atoms with E-state index in [1.165, 1.54) is 40.7 Å². The molecular formula is C27H41Pt-3. The Morgan fingerprint density at radius 3 is 1.57 bits per heavy atom. The fraction of sp³-hybridized carbons (Fsp3) is 0.481. The molecule has 0 N–H and O–H groups in total. The van der Waals surface area contributed by atoms with Crippen molar-refractivity contribution in [2.24, 2.45) is 0 Å². The number of aryl methyl sites for hydroxylation is 1. The summed E-state index contributed by atoms with van der Waals surface area (Å²) in [5, 5.41) is 0. The molecule has 2 rings (SSSR count). The van der Waals surface area contributed by atoms with Crippen molar-refractivity contribution in [2.75, 3.05) is 0 Å². The zero-order valence-corrected chi connectivity index (χ0v) is 21.4. The van der Waals surface area contributed by atoms with E-state index in [2.05, 4.69) is 92.6 Å². The minimum absolute atomic E-state index is 0. The van der Waals surface area contributed by atoms with Gasteiger partial charge in [-0.3, -0.25) is 0 Å². The van der Waals surface area contributed by atoms with Crippen LogP contribution in [0.3, 0.4) is 0 Å². The van der Waals surface area contributed by atoms with E-state index in [4.69, 9.17) is 0 Å². The first kappa shape index (κ1) is 29.3. The molecule has 0 atom stereocenters. The van der Waals surface area contributed by atoms with E-state index in [0.717, 1.165) is 12.8 Å². The van der Waals surface area contributed by atoms with Crippen LogP contribution in [0.25, 0.3) is 11.1 Å². The Bertz CT molecular complexity index is 574. The quantitative estimate of drug-likeness (QED) is 0.320. The molecule has 0 saturated carbocycles. The van der Waals surface area contributed by atoms with E-state index >= 15 is 0 Å². The SMILES string of the molecule is Cc1cc(C(C)C)c(-c2[c-]cccc2)c(C(C)C)c1.[CH2-]CCC.[CH2-]CCC.[Pt]. The van der Waals surface area contributed by atoms with Gasteiger partial charge >= 0.3 is 0 Å². The van der Waals surface area contributed by atoms with Gasteiger partial charge in [0, 0.05) is 21.1 Å². The second kappa shape index (κ2) is 17.0. The summed E-state index contributed by atoms with van der Waals surface area (Å²) in [7, 11) is 0. The molecule has 0 unspecified atom stereocenters. The minimum Gasteiger partial charge on any atom is -0.343 e. The molecule has 0 aromatic heterocycles. The van der Waals surface area contributed by atoms with E-state index in [1.807, 2.05) is 12.1 Å². The average molecular weight is 561 g/mol. The fourth-order valence-corrected chi connectivity index (χ4v) is 2.61. The van der Waals surface area contributed by atoms with Gasteiger partial charge in [-0.15, -0.1) is 35.9 Å². The molecular weight excluding hydrogens is 519 g/mol. The molecule has 2 aromatic rings. The van der Waals surface area contributed by atoms with Gasteiger partial charge < -0.3 is 13.8 Å². The smallest absolute Gasteiger partial charge is 0 e. The molecule has 0 nitrogen and oxygen atoms in total. The third-order valence-electron chi connectivity index (χ3n) is 4.27. The Morgan fingerprint density at radius 1 is 0.857 bits per heavy atom. The van der Waals surface area contributed by atoms with Gasteiger partial charge in [-0.1, -0.05) is 88.8 Å². The van der Waals surface area contributed by atoms with Crippen LogP contribution >= 0.6 is 0 Å². The Kier molecular flexibility index (Phi) is 17.8. The number of benzene rings is 2. The van der Waals surface area contributed by atoms with Crippen LogP contribution < -0.4 is 0 Å². The van der Waals surface area contributed by atoms with Crippen molar-refractivity contribution in [3.05, 3.63) is 73.0 Å². The molecule has 0 amide bonds. The molecule has 1 heteroatoms. The average Bonchev–Trinajstić information content (AvgIpc) is 2.68. The zero-order chi connectivity index (χ0) is 20.8.